The predicted octanol–water partition coefficient (Wildman–Crippen LogP) is 2.06. The summed E-state index contributed by atoms with van der Waals surface area (Å²) in [7, 11) is 1.69. The van der Waals surface area contributed by atoms with Crippen LogP contribution in [0.3, 0.4) is 0 Å². The van der Waals surface area contributed by atoms with Crippen LogP contribution in [0.25, 0.3) is 0 Å². The van der Waals surface area contributed by atoms with Crippen molar-refractivity contribution in [1.82, 2.24) is 14.5 Å². The molecule has 0 radical (unpaired) electrons. The molecule has 8 heteroatoms. The number of anilines is 1. The van der Waals surface area contributed by atoms with Gasteiger partial charge in [-0.25, -0.2) is 0 Å². The molecule has 1 N–H and O–H groups in total. The predicted molar refractivity (Wildman–Crippen MR) is 88.3 cm³/mol. The van der Waals surface area contributed by atoms with Crippen LogP contribution in [-0.2, 0) is 24.9 Å². The topological polar surface area (TPSA) is 93.3 Å². The van der Waals surface area contributed by atoms with E-state index in [1.807, 2.05) is 29.2 Å². The van der Waals surface area contributed by atoms with Crippen molar-refractivity contribution in [1.29, 1.82) is 0 Å². The fourth-order valence-corrected chi connectivity index (χ4v) is 2.87. The molecule has 1 aromatic carbocycles. The Morgan fingerprint density at radius 3 is 2.62 bits per heavy atom. The highest BCUT2D eigenvalue weighted by Crippen LogP contribution is 2.23. The van der Waals surface area contributed by atoms with Crippen LogP contribution in [0.15, 0.2) is 30.6 Å². The van der Waals surface area contributed by atoms with Gasteiger partial charge in [0.1, 0.15) is 0 Å². The second-order valence-corrected chi connectivity index (χ2v) is 5.83. The van der Waals surface area contributed by atoms with E-state index in [0.717, 1.165) is 0 Å². The van der Waals surface area contributed by atoms with Crippen LogP contribution in [0.1, 0.15) is 24.0 Å². The maximum atomic E-state index is 12.3. The first-order chi connectivity index (χ1) is 11.6. The van der Waals surface area contributed by atoms with Gasteiger partial charge in [0.15, 0.2) is 0 Å². The van der Waals surface area contributed by atoms with E-state index in [1.54, 1.807) is 11.6 Å². The number of aromatic nitrogens is 2. The molecule has 126 valence electrons. The molecule has 0 bridgehead atoms. The summed E-state index contributed by atoms with van der Waals surface area (Å²) in [5.41, 5.74) is 2.41. The molecule has 0 spiro atoms. The van der Waals surface area contributed by atoms with Crippen molar-refractivity contribution in [2.45, 2.75) is 25.9 Å². The van der Waals surface area contributed by atoms with Gasteiger partial charge in [0.05, 0.1) is 0 Å². The number of imidazole rings is 1. The van der Waals surface area contributed by atoms with Gasteiger partial charge in [0.2, 0.25) is 18.1 Å². The lowest BCUT2D eigenvalue weighted by molar-refractivity contribution is -0.388. The SMILES string of the molecule is Cn1cnc([N+](=O)[O-])c1NCCCC(=O)N1Cc2ccccc2C1. The molecule has 1 aliphatic rings. The maximum absolute atomic E-state index is 12.3. The molecule has 1 aromatic heterocycles. The third-order valence-corrected chi connectivity index (χ3v) is 4.14. The lowest BCUT2D eigenvalue weighted by Gasteiger charge is -2.15. The number of rotatable bonds is 6. The molecule has 1 aliphatic heterocycles. The average molecular weight is 329 g/mol. The molecule has 2 aromatic rings. The monoisotopic (exact) mass is 329 g/mol. The Labute approximate surface area is 139 Å². The molecule has 0 aliphatic carbocycles. The Kier molecular flexibility index (Phi) is 4.45. The minimum atomic E-state index is -0.519. The lowest BCUT2D eigenvalue weighted by Crippen LogP contribution is -2.25. The minimum Gasteiger partial charge on any atom is -0.364 e. The van der Waals surface area contributed by atoms with E-state index in [4.69, 9.17) is 0 Å². The smallest absolute Gasteiger partial charge is 0.364 e. The molecular formula is C16H19N5O3. The van der Waals surface area contributed by atoms with E-state index < -0.39 is 4.92 Å². The molecule has 2 heterocycles. The first-order valence-electron chi connectivity index (χ1n) is 7.80. The number of amides is 1. The fourth-order valence-electron chi connectivity index (χ4n) is 2.87. The van der Waals surface area contributed by atoms with Crippen LogP contribution in [0.2, 0.25) is 0 Å². The number of nitro groups is 1. The van der Waals surface area contributed by atoms with Gasteiger partial charge in [-0.1, -0.05) is 24.3 Å². The van der Waals surface area contributed by atoms with Gasteiger partial charge < -0.3 is 20.3 Å². The first-order valence-corrected chi connectivity index (χ1v) is 7.80. The van der Waals surface area contributed by atoms with Gasteiger partial charge in [0.25, 0.3) is 0 Å². The zero-order valence-electron chi connectivity index (χ0n) is 13.4. The molecule has 24 heavy (non-hydrogen) atoms. The highest BCUT2D eigenvalue weighted by Gasteiger charge is 2.23. The van der Waals surface area contributed by atoms with Gasteiger partial charge in [-0.05, 0) is 27.5 Å². The third-order valence-electron chi connectivity index (χ3n) is 4.14. The third kappa shape index (κ3) is 3.22. The summed E-state index contributed by atoms with van der Waals surface area (Å²) in [6.07, 6.45) is 2.41. The van der Waals surface area contributed by atoms with Crippen LogP contribution < -0.4 is 5.32 Å². The van der Waals surface area contributed by atoms with E-state index in [1.165, 1.54) is 17.5 Å². The van der Waals surface area contributed by atoms with E-state index in [0.29, 0.717) is 38.3 Å². The molecule has 3 rings (SSSR count). The minimum absolute atomic E-state index is 0.104. The Morgan fingerprint density at radius 1 is 1.33 bits per heavy atom. The Balaban J connectivity index is 1.47. The van der Waals surface area contributed by atoms with Crippen LogP contribution in [0, 0.1) is 10.1 Å². The van der Waals surface area contributed by atoms with Crippen LogP contribution in [0.5, 0.6) is 0 Å². The van der Waals surface area contributed by atoms with E-state index in [2.05, 4.69) is 10.3 Å². The standard InChI is InChI=1S/C16H19N5O3/c1-19-11-18-16(21(23)24)15(19)17-8-4-7-14(22)20-9-12-5-2-3-6-13(12)10-20/h2-3,5-6,11,17H,4,7-10H2,1H3. The number of nitrogens with zero attached hydrogens (tertiary/aromatic N) is 4. The number of hydrogen-bond acceptors (Lipinski definition) is 5. The largest absolute Gasteiger partial charge is 0.406 e. The van der Waals surface area contributed by atoms with Crippen molar-refractivity contribution in [3.8, 4) is 0 Å². The normalized spacial score (nSPS) is 13.0. The quantitative estimate of drug-likeness (QED) is 0.497. The van der Waals surface area contributed by atoms with Crippen molar-refractivity contribution in [3.05, 3.63) is 51.8 Å². The molecule has 0 unspecified atom stereocenters. The molecule has 0 saturated heterocycles. The Morgan fingerprint density at radius 2 is 2.00 bits per heavy atom. The number of fused-ring (bicyclic) bond motifs is 1. The summed E-state index contributed by atoms with van der Waals surface area (Å²) in [5, 5.41) is 13.9. The molecule has 0 atom stereocenters. The van der Waals surface area contributed by atoms with Gasteiger partial charge in [-0.3, -0.25) is 9.36 Å². The second kappa shape index (κ2) is 6.69. The number of hydrogen-bond donors (Lipinski definition) is 1. The highest BCUT2D eigenvalue weighted by molar-refractivity contribution is 5.77. The van der Waals surface area contributed by atoms with E-state index in [9.17, 15) is 14.9 Å². The fraction of sp³-hybridized carbons (Fsp3) is 0.375. The highest BCUT2D eigenvalue weighted by atomic mass is 16.6. The zero-order valence-corrected chi connectivity index (χ0v) is 13.4. The summed E-state index contributed by atoms with van der Waals surface area (Å²) in [6, 6.07) is 8.06. The van der Waals surface area contributed by atoms with Crippen molar-refractivity contribution in [3.63, 3.8) is 0 Å². The van der Waals surface area contributed by atoms with Gasteiger partial charge in [-0.2, -0.15) is 0 Å². The number of aryl methyl sites for hydroxylation is 1. The van der Waals surface area contributed by atoms with Crippen molar-refractivity contribution in [2.75, 3.05) is 11.9 Å². The summed E-state index contributed by atoms with van der Waals surface area (Å²) < 4.78 is 1.57. The van der Waals surface area contributed by atoms with Gasteiger partial charge in [0, 0.05) is 33.1 Å². The van der Waals surface area contributed by atoms with Gasteiger partial charge >= 0.3 is 5.82 Å². The lowest BCUT2D eigenvalue weighted by atomic mass is 10.1. The van der Waals surface area contributed by atoms with Crippen molar-refractivity contribution in [2.24, 2.45) is 7.05 Å². The summed E-state index contributed by atoms with van der Waals surface area (Å²) in [5.74, 6) is 0.271. The van der Waals surface area contributed by atoms with Crippen molar-refractivity contribution < 1.29 is 9.72 Å². The van der Waals surface area contributed by atoms with Crippen LogP contribution in [0.4, 0.5) is 11.6 Å². The molecular weight excluding hydrogens is 310 g/mol. The summed E-state index contributed by atoms with van der Waals surface area (Å²) in [4.78, 5) is 28.2. The van der Waals surface area contributed by atoms with Gasteiger partial charge in [-0.15, -0.1) is 0 Å². The first kappa shape index (κ1) is 16.0. The number of benzene rings is 1. The molecule has 0 fully saturated rings. The molecule has 0 saturated carbocycles. The average Bonchev–Trinajstić information content (AvgIpc) is 3.15. The number of carbonyl (C=O) groups is 1. The summed E-state index contributed by atoms with van der Waals surface area (Å²) in [6.45, 7) is 1.80. The zero-order chi connectivity index (χ0) is 17.1. The Hall–Kier alpha value is -2.90. The molecule has 1 amide bonds. The number of carbonyl (C=O) groups excluding carboxylic acids is 1. The van der Waals surface area contributed by atoms with E-state index >= 15 is 0 Å². The van der Waals surface area contributed by atoms with Crippen LogP contribution in [-0.4, -0.2) is 31.8 Å². The summed E-state index contributed by atoms with van der Waals surface area (Å²) >= 11 is 0. The second-order valence-electron chi connectivity index (χ2n) is 5.83. The number of nitrogens with one attached hydrogen (secondary N) is 1. The van der Waals surface area contributed by atoms with E-state index in [-0.39, 0.29) is 11.7 Å². The Bertz CT molecular complexity index is 746. The van der Waals surface area contributed by atoms with Crippen molar-refractivity contribution >= 4 is 17.5 Å². The molecule has 8 nitrogen and oxygen atoms in total. The maximum Gasteiger partial charge on any atom is 0.406 e. The van der Waals surface area contributed by atoms with Crippen LogP contribution >= 0.6 is 0 Å².